The average Bonchev–Trinajstić information content (AvgIpc) is 3.22. The van der Waals surface area contributed by atoms with Crippen LogP contribution in [0, 0.1) is 0 Å². The molecule has 2 aromatic carbocycles. The number of ether oxygens (including phenoxy) is 3. The fraction of sp³-hybridized carbons (Fsp3) is 0.273. The molecule has 2 aliphatic rings. The van der Waals surface area contributed by atoms with Gasteiger partial charge in [-0.1, -0.05) is 23.7 Å². The Morgan fingerprint density at radius 1 is 1.10 bits per heavy atom. The van der Waals surface area contributed by atoms with E-state index in [0.717, 1.165) is 16.6 Å². The highest BCUT2D eigenvalue weighted by atomic mass is 35.5. The van der Waals surface area contributed by atoms with Gasteiger partial charge in [-0.05, 0) is 35.9 Å². The number of nitrogens with one attached hydrogen (secondary N) is 1. The standard InChI is InChI=1S/C22H20ClN3O4/c23-16-12-14(13-19-20(16)30-10-9-29-19)11-15(22(27)26-5-7-28-8-6-26)21-24-17-3-1-2-4-18(17)25-21/h1-4,11-13H,5-10H2,(H,24,25)/b15-11+. The molecule has 0 saturated carbocycles. The summed E-state index contributed by atoms with van der Waals surface area (Å²) in [7, 11) is 0. The van der Waals surface area contributed by atoms with Crippen LogP contribution < -0.4 is 9.47 Å². The van der Waals surface area contributed by atoms with Crippen molar-refractivity contribution in [3.63, 3.8) is 0 Å². The molecule has 8 heteroatoms. The lowest BCUT2D eigenvalue weighted by atomic mass is 10.1. The first-order valence-corrected chi connectivity index (χ1v) is 10.2. The normalized spacial score (nSPS) is 16.7. The van der Waals surface area contributed by atoms with Gasteiger partial charge in [-0.2, -0.15) is 0 Å². The van der Waals surface area contributed by atoms with Crippen LogP contribution in [0.2, 0.25) is 5.02 Å². The zero-order valence-electron chi connectivity index (χ0n) is 16.2. The van der Waals surface area contributed by atoms with E-state index >= 15 is 0 Å². The Morgan fingerprint density at radius 2 is 1.90 bits per heavy atom. The smallest absolute Gasteiger partial charge is 0.257 e. The number of fused-ring (bicyclic) bond motifs is 2. The number of aromatic amines is 1. The zero-order valence-corrected chi connectivity index (χ0v) is 16.9. The summed E-state index contributed by atoms with van der Waals surface area (Å²) in [6, 6.07) is 11.3. The summed E-state index contributed by atoms with van der Waals surface area (Å²) in [6.07, 6.45) is 1.79. The fourth-order valence-corrected chi connectivity index (χ4v) is 3.90. The first-order chi connectivity index (χ1) is 14.7. The molecule has 154 valence electrons. The van der Waals surface area contributed by atoms with Crippen molar-refractivity contribution < 1.29 is 19.0 Å². The summed E-state index contributed by atoms with van der Waals surface area (Å²) in [5, 5.41) is 0.446. The van der Waals surface area contributed by atoms with Gasteiger partial charge in [0.15, 0.2) is 11.5 Å². The summed E-state index contributed by atoms with van der Waals surface area (Å²) in [5.41, 5.74) is 2.86. The number of aromatic nitrogens is 2. The monoisotopic (exact) mass is 425 g/mol. The number of nitrogens with zero attached hydrogens (tertiary/aromatic N) is 2. The molecular formula is C22H20ClN3O4. The molecule has 0 unspecified atom stereocenters. The van der Waals surface area contributed by atoms with Crippen LogP contribution in [0.5, 0.6) is 11.5 Å². The number of carbonyl (C=O) groups is 1. The number of rotatable bonds is 3. The van der Waals surface area contributed by atoms with E-state index < -0.39 is 0 Å². The van der Waals surface area contributed by atoms with Crippen molar-refractivity contribution in [2.45, 2.75) is 0 Å². The number of hydrogen-bond acceptors (Lipinski definition) is 5. The van der Waals surface area contributed by atoms with Crippen molar-refractivity contribution >= 4 is 40.2 Å². The van der Waals surface area contributed by atoms with Crippen LogP contribution in [0.3, 0.4) is 0 Å². The van der Waals surface area contributed by atoms with E-state index in [1.807, 2.05) is 30.3 Å². The van der Waals surface area contributed by atoms with Crippen LogP contribution in [-0.2, 0) is 9.53 Å². The van der Waals surface area contributed by atoms with Gasteiger partial charge < -0.3 is 24.1 Å². The minimum Gasteiger partial charge on any atom is -0.486 e. The molecule has 3 heterocycles. The van der Waals surface area contributed by atoms with Gasteiger partial charge in [-0.15, -0.1) is 0 Å². The molecule has 1 fully saturated rings. The van der Waals surface area contributed by atoms with Gasteiger partial charge in [-0.3, -0.25) is 4.79 Å². The average molecular weight is 426 g/mol. The molecule has 7 nitrogen and oxygen atoms in total. The van der Waals surface area contributed by atoms with E-state index in [2.05, 4.69) is 9.97 Å². The lowest BCUT2D eigenvalue weighted by molar-refractivity contribution is -0.128. The molecular weight excluding hydrogens is 406 g/mol. The maximum Gasteiger partial charge on any atom is 0.257 e. The number of para-hydroxylation sites is 2. The molecule has 5 rings (SSSR count). The van der Waals surface area contributed by atoms with E-state index in [9.17, 15) is 4.79 Å². The van der Waals surface area contributed by atoms with Crippen LogP contribution in [-0.4, -0.2) is 60.3 Å². The summed E-state index contributed by atoms with van der Waals surface area (Å²) in [6.45, 7) is 3.04. The Hall–Kier alpha value is -3.03. The minimum absolute atomic E-state index is 0.108. The largest absolute Gasteiger partial charge is 0.486 e. The highest BCUT2D eigenvalue weighted by Gasteiger charge is 2.25. The van der Waals surface area contributed by atoms with Crippen molar-refractivity contribution in [3.05, 3.63) is 52.8 Å². The molecule has 1 amide bonds. The SMILES string of the molecule is O=C(/C(=C/c1cc(Cl)c2c(c1)OCCO2)c1nc2ccccc2[nH]1)N1CCOCC1. The van der Waals surface area contributed by atoms with Crippen LogP contribution in [0.25, 0.3) is 22.7 Å². The second kappa shape index (κ2) is 8.01. The van der Waals surface area contributed by atoms with Crippen LogP contribution in [0.1, 0.15) is 11.4 Å². The number of morpholine rings is 1. The molecule has 0 bridgehead atoms. The first-order valence-electron chi connectivity index (χ1n) is 9.82. The van der Waals surface area contributed by atoms with Crippen LogP contribution in [0.15, 0.2) is 36.4 Å². The predicted molar refractivity (Wildman–Crippen MR) is 114 cm³/mol. The second-order valence-electron chi connectivity index (χ2n) is 7.09. The van der Waals surface area contributed by atoms with Crippen LogP contribution >= 0.6 is 11.6 Å². The van der Waals surface area contributed by atoms with Gasteiger partial charge in [0.2, 0.25) is 0 Å². The summed E-state index contributed by atoms with van der Waals surface area (Å²) < 4.78 is 16.7. The predicted octanol–water partition coefficient (Wildman–Crippen LogP) is 3.39. The van der Waals surface area contributed by atoms with Gasteiger partial charge in [0.05, 0.1) is 34.8 Å². The van der Waals surface area contributed by atoms with Gasteiger partial charge in [0.25, 0.3) is 5.91 Å². The van der Waals surface area contributed by atoms with Gasteiger partial charge >= 0.3 is 0 Å². The lowest BCUT2D eigenvalue weighted by Gasteiger charge is -2.27. The number of halogens is 1. The maximum absolute atomic E-state index is 13.4. The number of benzene rings is 2. The molecule has 0 spiro atoms. The Labute approximate surface area is 178 Å². The van der Waals surface area contributed by atoms with Gasteiger partial charge in [0, 0.05) is 13.1 Å². The third kappa shape index (κ3) is 3.62. The van der Waals surface area contributed by atoms with E-state index in [-0.39, 0.29) is 5.91 Å². The van der Waals surface area contributed by atoms with Gasteiger partial charge in [0.1, 0.15) is 19.0 Å². The molecule has 1 saturated heterocycles. The lowest BCUT2D eigenvalue weighted by Crippen LogP contribution is -2.41. The van der Waals surface area contributed by atoms with Crippen molar-refractivity contribution in [1.29, 1.82) is 0 Å². The van der Waals surface area contributed by atoms with Crippen molar-refractivity contribution in [3.8, 4) is 11.5 Å². The number of amides is 1. The molecule has 0 aliphatic carbocycles. The Bertz CT molecular complexity index is 1100. The van der Waals surface area contributed by atoms with Gasteiger partial charge in [-0.25, -0.2) is 4.98 Å². The van der Waals surface area contributed by atoms with E-state index in [4.69, 9.17) is 25.8 Å². The van der Waals surface area contributed by atoms with E-state index in [1.54, 1.807) is 17.0 Å². The molecule has 1 N–H and O–H groups in total. The molecule has 3 aromatic rings. The van der Waals surface area contributed by atoms with E-state index in [1.165, 1.54) is 0 Å². The Morgan fingerprint density at radius 3 is 2.73 bits per heavy atom. The quantitative estimate of drug-likeness (QED) is 0.651. The number of imidazole rings is 1. The van der Waals surface area contributed by atoms with E-state index in [0.29, 0.717) is 67.4 Å². The fourth-order valence-electron chi connectivity index (χ4n) is 3.63. The molecule has 2 aliphatic heterocycles. The third-order valence-electron chi connectivity index (χ3n) is 5.10. The number of H-pyrrole nitrogens is 1. The third-order valence-corrected chi connectivity index (χ3v) is 5.38. The zero-order chi connectivity index (χ0) is 20.5. The van der Waals surface area contributed by atoms with Crippen molar-refractivity contribution in [2.24, 2.45) is 0 Å². The highest BCUT2D eigenvalue weighted by Crippen LogP contribution is 2.39. The highest BCUT2D eigenvalue weighted by molar-refractivity contribution is 6.32. The topological polar surface area (TPSA) is 76.7 Å². The minimum atomic E-state index is -0.108. The Balaban J connectivity index is 1.60. The molecule has 0 radical (unpaired) electrons. The van der Waals surface area contributed by atoms with Crippen molar-refractivity contribution in [2.75, 3.05) is 39.5 Å². The van der Waals surface area contributed by atoms with Crippen LogP contribution in [0.4, 0.5) is 0 Å². The van der Waals surface area contributed by atoms with Crippen molar-refractivity contribution in [1.82, 2.24) is 14.9 Å². The Kier molecular flexibility index (Phi) is 5.06. The molecule has 0 atom stereocenters. The first kappa shape index (κ1) is 19.0. The molecule has 30 heavy (non-hydrogen) atoms. The molecule has 1 aromatic heterocycles. The number of carbonyl (C=O) groups excluding carboxylic acids is 1. The maximum atomic E-state index is 13.4. The second-order valence-corrected chi connectivity index (χ2v) is 7.50. The number of hydrogen-bond donors (Lipinski definition) is 1. The summed E-state index contributed by atoms with van der Waals surface area (Å²) in [4.78, 5) is 23.1. The summed E-state index contributed by atoms with van der Waals surface area (Å²) >= 11 is 6.40. The summed E-state index contributed by atoms with van der Waals surface area (Å²) in [5.74, 6) is 1.51.